The van der Waals surface area contributed by atoms with Gasteiger partial charge in [0.05, 0.1) is 24.8 Å². The fourth-order valence-electron chi connectivity index (χ4n) is 3.74. The molecule has 0 bridgehead atoms. The Morgan fingerprint density at radius 3 is 2.59 bits per heavy atom. The number of ether oxygens (including phenoxy) is 1. The fourth-order valence-corrected chi connectivity index (χ4v) is 5.18. The van der Waals surface area contributed by atoms with E-state index in [1.807, 2.05) is 55.5 Å². The molecule has 1 aliphatic rings. The zero-order chi connectivity index (χ0) is 21.1. The number of aliphatic hydroxyl groups is 1. The van der Waals surface area contributed by atoms with Crippen LogP contribution in [0.25, 0.3) is 0 Å². The summed E-state index contributed by atoms with van der Waals surface area (Å²) in [5.74, 6) is 1.19. The maximum atomic E-state index is 12.8. The van der Waals surface area contributed by atoms with Gasteiger partial charge in [0.15, 0.2) is 0 Å². The molecular weight excluding hydrogens is 399 g/mol. The molecule has 0 spiro atoms. The van der Waals surface area contributed by atoms with Crippen molar-refractivity contribution in [1.29, 1.82) is 0 Å². The summed E-state index contributed by atoms with van der Waals surface area (Å²) in [5, 5.41) is 14.4. The van der Waals surface area contributed by atoms with Crippen molar-refractivity contribution in [3.63, 3.8) is 0 Å². The molecule has 7 heteroatoms. The predicted molar refractivity (Wildman–Crippen MR) is 109 cm³/mol. The molecule has 3 rings (SSSR count). The second-order valence-corrected chi connectivity index (χ2v) is 8.38. The number of thioether (sulfide) groups is 1. The van der Waals surface area contributed by atoms with Gasteiger partial charge in [-0.1, -0.05) is 43.3 Å². The van der Waals surface area contributed by atoms with Crippen molar-refractivity contribution in [2.45, 2.75) is 54.9 Å². The number of halogens is 3. The first-order valence-corrected chi connectivity index (χ1v) is 10.6. The highest BCUT2D eigenvalue weighted by atomic mass is 32.2. The molecule has 158 valence electrons. The van der Waals surface area contributed by atoms with E-state index in [1.165, 1.54) is 0 Å². The van der Waals surface area contributed by atoms with Crippen molar-refractivity contribution in [3.8, 4) is 5.75 Å². The fraction of sp³-hybridized carbons (Fsp3) is 0.455. The average molecular weight is 426 g/mol. The topological polar surface area (TPSA) is 41.5 Å². The van der Waals surface area contributed by atoms with Crippen molar-refractivity contribution in [2.24, 2.45) is 0 Å². The van der Waals surface area contributed by atoms with Gasteiger partial charge in [0.1, 0.15) is 5.75 Å². The van der Waals surface area contributed by atoms with E-state index in [4.69, 9.17) is 4.74 Å². The Hall–Kier alpha value is -1.70. The molecule has 3 atom stereocenters. The minimum Gasteiger partial charge on any atom is -0.497 e. The van der Waals surface area contributed by atoms with Gasteiger partial charge in [-0.3, -0.25) is 5.32 Å². The first-order valence-electron chi connectivity index (χ1n) is 9.66. The second kappa shape index (κ2) is 8.98. The molecule has 2 N–H and O–H groups in total. The Balaban J connectivity index is 2.00. The van der Waals surface area contributed by atoms with Crippen LogP contribution in [0.4, 0.5) is 13.2 Å². The summed E-state index contributed by atoms with van der Waals surface area (Å²) >= 11 is 1.55. The van der Waals surface area contributed by atoms with Crippen LogP contribution >= 0.6 is 11.8 Å². The highest BCUT2D eigenvalue weighted by Crippen LogP contribution is 2.42. The molecule has 0 fully saturated rings. The zero-order valence-corrected chi connectivity index (χ0v) is 17.3. The maximum Gasteiger partial charge on any atom is 0.389 e. The summed E-state index contributed by atoms with van der Waals surface area (Å²) in [6, 6.07) is 15.4. The molecule has 2 aromatic carbocycles. The summed E-state index contributed by atoms with van der Waals surface area (Å²) in [4.78, 5) is 1.00. The largest absolute Gasteiger partial charge is 0.497 e. The SMILES string of the molecule is CC[C@]1([C@H](O)CCC(F)(F)F)CSc2cc(OC)ccc2[C@H](c2ccccc2)N1. The minimum atomic E-state index is -4.29. The number of nitrogens with one attached hydrogen (secondary N) is 1. The van der Waals surface area contributed by atoms with E-state index in [-0.39, 0.29) is 12.5 Å². The van der Waals surface area contributed by atoms with Crippen LogP contribution in [0.15, 0.2) is 53.4 Å². The Kier molecular flexibility index (Phi) is 6.81. The standard InChI is InChI=1S/C22H26F3NO2S/c1-3-21(19(27)11-12-22(23,24)25)14-29-18-13-16(28-2)9-10-17(18)20(26-21)15-7-5-4-6-8-15/h4-10,13,19-20,26-27H,3,11-12,14H2,1-2H3/t19-,20+,21-/m1/s1. The summed E-state index contributed by atoms with van der Waals surface area (Å²) in [5.41, 5.74) is 1.19. The molecule has 3 nitrogen and oxygen atoms in total. The van der Waals surface area contributed by atoms with E-state index < -0.39 is 24.2 Å². The van der Waals surface area contributed by atoms with E-state index in [1.54, 1.807) is 18.9 Å². The molecule has 2 aromatic rings. The first kappa shape index (κ1) is 22.0. The summed E-state index contributed by atoms with van der Waals surface area (Å²) in [7, 11) is 1.60. The van der Waals surface area contributed by atoms with Crippen molar-refractivity contribution in [3.05, 3.63) is 59.7 Å². The minimum absolute atomic E-state index is 0.243. The lowest BCUT2D eigenvalue weighted by atomic mass is 9.85. The van der Waals surface area contributed by atoms with Gasteiger partial charge in [-0.15, -0.1) is 11.8 Å². The van der Waals surface area contributed by atoms with Crippen molar-refractivity contribution in [1.82, 2.24) is 5.32 Å². The molecule has 1 heterocycles. The Labute approximate surface area is 173 Å². The lowest BCUT2D eigenvalue weighted by molar-refractivity contribution is -0.142. The van der Waals surface area contributed by atoms with Crippen LogP contribution in [0.5, 0.6) is 5.75 Å². The van der Waals surface area contributed by atoms with Crippen LogP contribution in [0.3, 0.4) is 0 Å². The third-order valence-electron chi connectivity index (χ3n) is 5.55. The van der Waals surface area contributed by atoms with Crippen LogP contribution in [0.2, 0.25) is 0 Å². The number of alkyl halides is 3. The van der Waals surface area contributed by atoms with Crippen molar-refractivity contribution < 1.29 is 23.0 Å². The van der Waals surface area contributed by atoms with Gasteiger partial charge in [-0.05, 0) is 36.1 Å². The number of benzene rings is 2. The van der Waals surface area contributed by atoms with Crippen LogP contribution in [0, 0.1) is 0 Å². The van der Waals surface area contributed by atoms with E-state index in [2.05, 4.69) is 5.32 Å². The highest BCUT2D eigenvalue weighted by molar-refractivity contribution is 7.99. The van der Waals surface area contributed by atoms with Gasteiger partial charge in [-0.25, -0.2) is 0 Å². The quantitative estimate of drug-likeness (QED) is 0.656. The summed E-state index contributed by atoms with van der Waals surface area (Å²) in [6.45, 7) is 1.91. The normalized spacial score (nSPS) is 23.2. The molecule has 29 heavy (non-hydrogen) atoms. The lowest BCUT2D eigenvalue weighted by Crippen LogP contribution is -2.57. The summed E-state index contributed by atoms with van der Waals surface area (Å²) in [6.07, 6.45) is -6.23. The van der Waals surface area contributed by atoms with E-state index in [0.717, 1.165) is 21.8 Å². The third-order valence-corrected chi connectivity index (χ3v) is 6.88. The van der Waals surface area contributed by atoms with E-state index in [0.29, 0.717) is 12.2 Å². The molecule has 1 aliphatic heterocycles. The maximum absolute atomic E-state index is 12.8. The molecular formula is C22H26F3NO2S. The van der Waals surface area contributed by atoms with Gasteiger partial charge in [0, 0.05) is 17.1 Å². The Morgan fingerprint density at radius 1 is 1.24 bits per heavy atom. The Morgan fingerprint density at radius 2 is 1.97 bits per heavy atom. The summed E-state index contributed by atoms with van der Waals surface area (Å²) < 4.78 is 43.7. The Bertz CT molecular complexity index is 815. The molecule has 0 radical (unpaired) electrons. The van der Waals surface area contributed by atoms with E-state index >= 15 is 0 Å². The van der Waals surface area contributed by atoms with Gasteiger partial charge < -0.3 is 9.84 Å². The number of aliphatic hydroxyl groups excluding tert-OH is 1. The monoisotopic (exact) mass is 425 g/mol. The molecule has 0 unspecified atom stereocenters. The first-order chi connectivity index (χ1) is 13.8. The number of methoxy groups -OCH3 is 1. The number of rotatable bonds is 6. The van der Waals surface area contributed by atoms with Gasteiger partial charge in [0.2, 0.25) is 0 Å². The number of fused-ring (bicyclic) bond motifs is 1. The number of hydrogen-bond acceptors (Lipinski definition) is 4. The lowest BCUT2D eigenvalue weighted by Gasteiger charge is -2.40. The van der Waals surface area contributed by atoms with Crippen LogP contribution in [-0.4, -0.2) is 35.8 Å². The van der Waals surface area contributed by atoms with E-state index in [9.17, 15) is 18.3 Å². The van der Waals surface area contributed by atoms with Gasteiger partial charge >= 0.3 is 6.18 Å². The highest BCUT2D eigenvalue weighted by Gasteiger charge is 2.42. The van der Waals surface area contributed by atoms with Gasteiger partial charge in [0.25, 0.3) is 0 Å². The van der Waals surface area contributed by atoms with Crippen molar-refractivity contribution >= 4 is 11.8 Å². The zero-order valence-electron chi connectivity index (χ0n) is 16.5. The molecule has 0 amide bonds. The van der Waals surface area contributed by atoms with Crippen LogP contribution in [-0.2, 0) is 0 Å². The molecule has 0 saturated carbocycles. The van der Waals surface area contributed by atoms with Crippen molar-refractivity contribution in [2.75, 3.05) is 12.9 Å². The predicted octanol–water partition coefficient (Wildman–Crippen LogP) is 5.33. The van der Waals surface area contributed by atoms with Crippen LogP contribution in [0.1, 0.15) is 43.4 Å². The average Bonchev–Trinajstić information content (AvgIpc) is 2.89. The second-order valence-electron chi connectivity index (χ2n) is 7.36. The molecule has 0 saturated heterocycles. The molecule has 0 aliphatic carbocycles. The third kappa shape index (κ3) is 5.08. The smallest absolute Gasteiger partial charge is 0.389 e. The van der Waals surface area contributed by atoms with Gasteiger partial charge in [-0.2, -0.15) is 13.2 Å². The van der Waals surface area contributed by atoms with Crippen LogP contribution < -0.4 is 10.1 Å². The molecule has 0 aromatic heterocycles. The number of hydrogen-bond donors (Lipinski definition) is 2.